The van der Waals surface area contributed by atoms with E-state index in [1.54, 1.807) is 18.2 Å². The molecular formula is C16H17N5O. The van der Waals surface area contributed by atoms with Gasteiger partial charge in [-0.3, -0.25) is 0 Å². The van der Waals surface area contributed by atoms with Gasteiger partial charge in [-0.1, -0.05) is 23.4 Å². The molecule has 0 aliphatic heterocycles. The summed E-state index contributed by atoms with van der Waals surface area (Å²) in [5.74, 6) is 0. The Kier molecular flexibility index (Phi) is 3.50. The minimum Gasteiger partial charge on any atom is -0.399 e. The lowest BCUT2D eigenvalue weighted by atomic mass is 10.1. The first kappa shape index (κ1) is 14.1. The Bertz CT molecular complexity index is 853. The highest BCUT2D eigenvalue weighted by Gasteiger charge is 2.11. The maximum atomic E-state index is 12.3. The molecule has 22 heavy (non-hydrogen) atoms. The lowest BCUT2D eigenvalue weighted by Crippen LogP contribution is -2.29. The second-order valence-corrected chi connectivity index (χ2v) is 5.33. The van der Waals surface area contributed by atoms with Gasteiger partial charge in [-0.2, -0.15) is 4.68 Å². The number of benzene rings is 2. The molecule has 0 fully saturated rings. The molecular weight excluding hydrogens is 278 g/mol. The lowest BCUT2D eigenvalue weighted by Gasteiger charge is -2.07. The van der Waals surface area contributed by atoms with Gasteiger partial charge in [0, 0.05) is 12.2 Å². The van der Waals surface area contributed by atoms with E-state index in [1.807, 2.05) is 19.1 Å². The van der Waals surface area contributed by atoms with Crippen LogP contribution < -0.4 is 11.1 Å². The van der Waals surface area contributed by atoms with Gasteiger partial charge in [0.15, 0.2) is 0 Å². The predicted molar refractivity (Wildman–Crippen MR) is 85.5 cm³/mol. The molecule has 0 saturated carbocycles. The summed E-state index contributed by atoms with van der Waals surface area (Å²) in [5, 5.41) is 10.7. The van der Waals surface area contributed by atoms with Crippen molar-refractivity contribution in [3.8, 4) is 0 Å². The van der Waals surface area contributed by atoms with Crippen LogP contribution in [0.3, 0.4) is 0 Å². The summed E-state index contributed by atoms with van der Waals surface area (Å²) in [6.07, 6.45) is 0. The zero-order chi connectivity index (χ0) is 15.7. The van der Waals surface area contributed by atoms with Gasteiger partial charge in [-0.25, -0.2) is 4.79 Å². The van der Waals surface area contributed by atoms with E-state index in [2.05, 4.69) is 28.6 Å². The molecule has 1 aromatic heterocycles. The van der Waals surface area contributed by atoms with Crippen molar-refractivity contribution in [1.82, 2.24) is 20.3 Å². The Balaban J connectivity index is 1.78. The van der Waals surface area contributed by atoms with Gasteiger partial charge in [0.2, 0.25) is 0 Å². The van der Waals surface area contributed by atoms with E-state index < -0.39 is 0 Å². The number of carbonyl (C=O) groups is 1. The van der Waals surface area contributed by atoms with Gasteiger partial charge in [0.05, 0.1) is 0 Å². The molecule has 3 rings (SSSR count). The standard InChI is InChI=1S/C16H17N5O/c1-10-3-4-12(7-11(10)2)9-18-16(22)21-15-8-13(17)5-6-14(15)19-20-21/h3-8H,9,17H2,1-2H3,(H,18,22). The van der Waals surface area contributed by atoms with Gasteiger partial charge in [0.1, 0.15) is 11.0 Å². The molecule has 6 nitrogen and oxygen atoms in total. The Hall–Kier alpha value is -2.89. The minimum atomic E-state index is -0.327. The van der Waals surface area contributed by atoms with Crippen LogP contribution in [0.5, 0.6) is 0 Å². The number of nitrogens with one attached hydrogen (secondary N) is 1. The molecule has 6 heteroatoms. The van der Waals surface area contributed by atoms with Crippen LogP contribution >= 0.6 is 0 Å². The maximum absolute atomic E-state index is 12.3. The second kappa shape index (κ2) is 5.48. The third kappa shape index (κ3) is 2.63. The normalized spacial score (nSPS) is 10.8. The highest BCUT2D eigenvalue weighted by Crippen LogP contribution is 2.14. The zero-order valence-corrected chi connectivity index (χ0v) is 12.5. The summed E-state index contributed by atoms with van der Waals surface area (Å²) in [7, 11) is 0. The highest BCUT2D eigenvalue weighted by atomic mass is 16.2. The monoisotopic (exact) mass is 295 g/mol. The highest BCUT2D eigenvalue weighted by molar-refractivity contribution is 5.89. The molecule has 0 radical (unpaired) electrons. The van der Waals surface area contributed by atoms with Gasteiger partial charge >= 0.3 is 6.03 Å². The number of anilines is 1. The van der Waals surface area contributed by atoms with Gasteiger partial charge < -0.3 is 11.1 Å². The number of nitrogen functional groups attached to an aromatic ring is 1. The number of rotatable bonds is 2. The molecule has 2 aromatic carbocycles. The van der Waals surface area contributed by atoms with Crippen LogP contribution in [0.2, 0.25) is 0 Å². The molecule has 112 valence electrons. The third-order valence-electron chi connectivity index (χ3n) is 3.68. The smallest absolute Gasteiger partial charge is 0.344 e. The fourth-order valence-corrected chi connectivity index (χ4v) is 2.25. The zero-order valence-electron chi connectivity index (χ0n) is 12.5. The fraction of sp³-hybridized carbons (Fsp3) is 0.188. The fourth-order valence-electron chi connectivity index (χ4n) is 2.25. The van der Waals surface area contributed by atoms with Crippen molar-refractivity contribution in [2.45, 2.75) is 20.4 Å². The van der Waals surface area contributed by atoms with Crippen molar-refractivity contribution in [2.24, 2.45) is 0 Å². The number of aromatic nitrogens is 3. The predicted octanol–water partition coefficient (Wildman–Crippen LogP) is 2.39. The van der Waals surface area contributed by atoms with Crippen molar-refractivity contribution in [3.05, 3.63) is 53.1 Å². The molecule has 0 saturated heterocycles. The molecule has 1 amide bonds. The number of carbonyl (C=O) groups excluding carboxylic acids is 1. The summed E-state index contributed by atoms with van der Waals surface area (Å²) < 4.78 is 1.23. The van der Waals surface area contributed by atoms with Gasteiger partial charge in [0.25, 0.3) is 0 Å². The first-order valence-corrected chi connectivity index (χ1v) is 7.00. The average Bonchev–Trinajstić information content (AvgIpc) is 2.91. The first-order valence-electron chi connectivity index (χ1n) is 7.00. The molecule has 0 unspecified atom stereocenters. The van der Waals surface area contributed by atoms with Crippen LogP contribution in [-0.4, -0.2) is 21.0 Å². The molecule has 3 aromatic rings. The van der Waals surface area contributed by atoms with Crippen LogP contribution in [-0.2, 0) is 6.54 Å². The Morgan fingerprint density at radius 1 is 1.18 bits per heavy atom. The molecule has 0 aliphatic carbocycles. The van der Waals surface area contributed by atoms with E-state index in [0.717, 1.165) is 5.56 Å². The van der Waals surface area contributed by atoms with Crippen LogP contribution in [0.4, 0.5) is 10.5 Å². The van der Waals surface area contributed by atoms with Crippen LogP contribution in [0.1, 0.15) is 16.7 Å². The number of aryl methyl sites for hydroxylation is 2. The SMILES string of the molecule is Cc1ccc(CNC(=O)n2nnc3ccc(N)cc32)cc1C. The number of hydrogen-bond acceptors (Lipinski definition) is 4. The minimum absolute atomic E-state index is 0.327. The molecule has 0 atom stereocenters. The van der Waals surface area contributed by atoms with E-state index in [0.29, 0.717) is 23.3 Å². The second-order valence-electron chi connectivity index (χ2n) is 5.33. The van der Waals surface area contributed by atoms with Crippen molar-refractivity contribution >= 4 is 22.8 Å². The molecule has 3 N–H and O–H groups in total. The van der Waals surface area contributed by atoms with Crippen LogP contribution in [0, 0.1) is 13.8 Å². The van der Waals surface area contributed by atoms with Gasteiger partial charge in [-0.15, -0.1) is 5.10 Å². The number of nitrogens with two attached hydrogens (primary N) is 1. The van der Waals surface area contributed by atoms with Crippen molar-refractivity contribution in [3.63, 3.8) is 0 Å². The molecule has 0 spiro atoms. The molecule has 1 heterocycles. The number of nitrogens with zero attached hydrogens (tertiary/aromatic N) is 3. The lowest BCUT2D eigenvalue weighted by molar-refractivity contribution is 0.239. The average molecular weight is 295 g/mol. The van der Waals surface area contributed by atoms with E-state index in [4.69, 9.17) is 5.73 Å². The van der Waals surface area contributed by atoms with E-state index in [-0.39, 0.29) is 6.03 Å². The third-order valence-corrected chi connectivity index (χ3v) is 3.68. The number of hydrogen-bond donors (Lipinski definition) is 2. The van der Waals surface area contributed by atoms with E-state index in [1.165, 1.54) is 15.8 Å². The number of fused-ring (bicyclic) bond motifs is 1. The maximum Gasteiger partial charge on any atom is 0.344 e. The van der Waals surface area contributed by atoms with Crippen LogP contribution in [0.15, 0.2) is 36.4 Å². The van der Waals surface area contributed by atoms with E-state index >= 15 is 0 Å². The summed E-state index contributed by atoms with van der Waals surface area (Å²) in [6.45, 7) is 4.54. The molecule has 0 aliphatic rings. The summed E-state index contributed by atoms with van der Waals surface area (Å²) in [4.78, 5) is 12.3. The van der Waals surface area contributed by atoms with Crippen molar-refractivity contribution in [1.29, 1.82) is 0 Å². The largest absolute Gasteiger partial charge is 0.399 e. The quantitative estimate of drug-likeness (QED) is 0.711. The summed E-state index contributed by atoms with van der Waals surface area (Å²) in [5.41, 5.74) is 11.0. The Morgan fingerprint density at radius 2 is 2.00 bits per heavy atom. The topological polar surface area (TPSA) is 85.8 Å². The Labute approximate surface area is 127 Å². The van der Waals surface area contributed by atoms with Crippen molar-refractivity contribution < 1.29 is 4.79 Å². The van der Waals surface area contributed by atoms with E-state index in [9.17, 15) is 4.79 Å². The Morgan fingerprint density at radius 3 is 2.77 bits per heavy atom. The van der Waals surface area contributed by atoms with Crippen LogP contribution in [0.25, 0.3) is 11.0 Å². The summed E-state index contributed by atoms with van der Waals surface area (Å²) >= 11 is 0. The molecule has 0 bridgehead atoms. The summed E-state index contributed by atoms with van der Waals surface area (Å²) in [6, 6.07) is 10.9. The van der Waals surface area contributed by atoms with Gasteiger partial charge in [-0.05, 0) is 48.7 Å². The first-order chi connectivity index (χ1) is 10.5. The number of amides is 1. The van der Waals surface area contributed by atoms with Crippen molar-refractivity contribution in [2.75, 3.05) is 5.73 Å².